The fourth-order valence-electron chi connectivity index (χ4n) is 4.21. The summed E-state index contributed by atoms with van der Waals surface area (Å²) in [5, 5.41) is 0. The van der Waals surface area contributed by atoms with Gasteiger partial charge in [-0.2, -0.15) is 0 Å². The summed E-state index contributed by atoms with van der Waals surface area (Å²) in [4.78, 5) is 9.06. The predicted octanol–water partition coefficient (Wildman–Crippen LogP) is 9.24. The molecule has 1 aromatic carbocycles. The third-order valence-electron chi connectivity index (χ3n) is 6.53. The van der Waals surface area contributed by atoms with Crippen molar-refractivity contribution in [1.82, 2.24) is 9.97 Å². The van der Waals surface area contributed by atoms with Crippen LogP contribution < -0.4 is 4.74 Å². The van der Waals surface area contributed by atoms with Crippen LogP contribution >= 0.6 is 0 Å². The molecule has 1 heterocycles. The Morgan fingerprint density at radius 1 is 0.686 bits per heavy atom. The molecule has 35 heavy (non-hydrogen) atoms. The second-order valence-corrected chi connectivity index (χ2v) is 9.68. The standard InChI is InChI=1S/C30H46F2N2O/c1-3-5-7-8-9-10-11-12-14-15-25-23-33-30(34-24-25)26-17-19-27(20-18-26)35-22-21-29(32)28(31)16-13-6-4-2/h17-20,23-24,28-29H,3-16,21-22H2,1-2H3. The summed E-state index contributed by atoms with van der Waals surface area (Å²) in [6.07, 6.45) is 17.0. The van der Waals surface area contributed by atoms with Gasteiger partial charge in [0.15, 0.2) is 5.82 Å². The second kappa shape index (κ2) is 18.3. The number of aryl methyl sites for hydroxylation is 1. The number of unbranched alkanes of at least 4 members (excludes halogenated alkanes) is 10. The number of benzene rings is 1. The van der Waals surface area contributed by atoms with E-state index >= 15 is 0 Å². The van der Waals surface area contributed by atoms with Gasteiger partial charge in [0.05, 0.1) is 6.61 Å². The molecule has 1 aromatic heterocycles. The van der Waals surface area contributed by atoms with Crippen LogP contribution in [0.25, 0.3) is 11.4 Å². The van der Waals surface area contributed by atoms with Crippen molar-refractivity contribution >= 4 is 0 Å². The molecule has 0 radical (unpaired) electrons. The number of alkyl halides is 2. The fourth-order valence-corrected chi connectivity index (χ4v) is 4.21. The number of rotatable bonds is 20. The van der Waals surface area contributed by atoms with Crippen LogP contribution in [-0.4, -0.2) is 28.9 Å². The van der Waals surface area contributed by atoms with Gasteiger partial charge in [0.25, 0.3) is 0 Å². The molecule has 0 bridgehead atoms. The number of ether oxygens (including phenoxy) is 1. The lowest BCUT2D eigenvalue weighted by atomic mass is 10.1. The minimum Gasteiger partial charge on any atom is -0.493 e. The molecule has 0 N–H and O–H groups in total. The second-order valence-electron chi connectivity index (χ2n) is 9.68. The smallest absolute Gasteiger partial charge is 0.159 e. The van der Waals surface area contributed by atoms with Crippen molar-refractivity contribution in [3.05, 3.63) is 42.2 Å². The Bertz CT molecular complexity index is 767. The number of nitrogens with zero attached hydrogens (tertiary/aromatic N) is 2. The summed E-state index contributed by atoms with van der Waals surface area (Å²) < 4.78 is 33.4. The van der Waals surface area contributed by atoms with Crippen LogP contribution in [0.1, 0.15) is 109 Å². The molecule has 0 saturated heterocycles. The Balaban J connectivity index is 1.64. The maximum atomic E-state index is 14.0. The molecule has 0 spiro atoms. The molecule has 0 saturated carbocycles. The lowest BCUT2D eigenvalue weighted by molar-refractivity contribution is 0.128. The van der Waals surface area contributed by atoms with E-state index in [1.54, 1.807) is 0 Å². The van der Waals surface area contributed by atoms with Gasteiger partial charge in [-0.25, -0.2) is 18.7 Å². The highest BCUT2D eigenvalue weighted by atomic mass is 19.2. The van der Waals surface area contributed by atoms with Gasteiger partial charge < -0.3 is 4.74 Å². The van der Waals surface area contributed by atoms with E-state index in [0.717, 1.165) is 31.2 Å². The van der Waals surface area contributed by atoms with Crippen LogP contribution in [0.5, 0.6) is 5.75 Å². The molecule has 0 fully saturated rings. The summed E-state index contributed by atoms with van der Waals surface area (Å²) in [5.41, 5.74) is 2.09. The van der Waals surface area contributed by atoms with E-state index in [4.69, 9.17) is 4.74 Å². The largest absolute Gasteiger partial charge is 0.493 e. The van der Waals surface area contributed by atoms with Gasteiger partial charge >= 0.3 is 0 Å². The quantitative estimate of drug-likeness (QED) is 0.174. The maximum Gasteiger partial charge on any atom is 0.159 e. The summed E-state index contributed by atoms with van der Waals surface area (Å²) in [6.45, 7) is 4.48. The molecular formula is C30H46F2N2O. The molecule has 5 heteroatoms. The SMILES string of the molecule is CCCCCCCCCCCc1cnc(-c2ccc(OCCC(F)C(F)CCCCC)cc2)nc1. The van der Waals surface area contributed by atoms with Gasteiger partial charge in [0.2, 0.25) is 0 Å². The topological polar surface area (TPSA) is 35.0 Å². The van der Waals surface area contributed by atoms with Crippen molar-refractivity contribution in [2.24, 2.45) is 0 Å². The van der Waals surface area contributed by atoms with Gasteiger partial charge in [-0.1, -0.05) is 84.5 Å². The zero-order valence-electron chi connectivity index (χ0n) is 22.0. The molecule has 2 atom stereocenters. The predicted molar refractivity (Wildman–Crippen MR) is 142 cm³/mol. The van der Waals surface area contributed by atoms with Gasteiger partial charge in [-0.05, 0) is 49.1 Å². The lowest BCUT2D eigenvalue weighted by Crippen LogP contribution is -2.20. The Kier molecular flexibility index (Phi) is 15.2. The molecule has 0 aliphatic rings. The first kappa shape index (κ1) is 29.2. The van der Waals surface area contributed by atoms with Gasteiger partial charge in [0.1, 0.15) is 18.1 Å². The fraction of sp³-hybridized carbons (Fsp3) is 0.667. The first-order chi connectivity index (χ1) is 17.1. The highest BCUT2D eigenvalue weighted by molar-refractivity contribution is 5.55. The van der Waals surface area contributed by atoms with Crippen molar-refractivity contribution in [3.63, 3.8) is 0 Å². The Morgan fingerprint density at radius 3 is 1.86 bits per heavy atom. The molecule has 2 rings (SSSR count). The van der Waals surface area contributed by atoms with E-state index in [9.17, 15) is 8.78 Å². The summed E-state index contributed by atoms with van der Waals surface area (Å²) in [7, 11) is 0. The molecule has 0 aliphatic heterocycles. The van der Waals surface area contributed by atoms with E-state index in [2.05, 4.69) is 23.8 Å². The lowest BCUT2D eigenvalue weighted by Gasteiger charge is -2.14. The number of aromatic nitrogens is 2. The van der Waals surface area contributed by atoms with Gasteiger partial charge in [0, 0.05) is 24.4 Å². The maximum absolute atomic E-state index is 14.0. The summed E-state index contributed by atoms with van der Waals surface area (Å²) >= 11 is 0. The highest BCUT2D eigenvalue weighted by Crippen LogP contribution is 2.21. The number of hydrogen-bond acceptors (Lipinski definition) is 3. The highest BCUT2D eigenvalue weighted by Gasteiger charge is 2.19. The van der Waals surface area contributed by atoms with Crippen molar-refractivity contribution in [2.75, 3.05) is 6.61 Å². The molecule has 0 aliphatic carbocycles. The minimum absolute atomic E-state index is 0.0680. The minimum atomic E-state index is -1.46. The molecule has 2 unspecified atom stereocenters. The van der Waals surface area contributed by atoms with E-state index < -0.39 is 12.3 Å². The van der Waals surface area contributed by atoms with Crippen molar-refractivity contribution < 1.29 is 13.5 Å². The summed E-state index contributed by atoms with van der Waals surface area (Å²) in [5.74, 6) is 1.33. The zero-order chi connectivity index (χ0) is 25.1. The average molecular weight is 489 g/mol. The van der Waals surface area contributed by atoms with Crippen LogP contribution in [0.3, 0.4) is 0 Å². The van der Waals surface area contributed by atoms with Crippen LogP contribution in [0.2, 0.25) is 0 Å². The normalized spacial score (nSPS) is 13.0. The van der Waals surface area contributed by atoms with Crippen molar-refractivity contribution in [1.29, 1.82) is 0 Å². The Morgan fingerprint density at radius 2 is 1.23 bits per heavy atom. The van der Waals surface area contributed by atoms with Gasteiger partial charge in [-0.15, -0.1) is 0 Å². The van der Waals surface area contributed by atoms with E-state index in [1.165, 1.54) is 63.4 Å². The Labute approximate surface area is 212 Å². The first-order valence-electron chi connectivity index (χ1n) is 14.0. The summed E-state index contributed by atoms with van der Waals surface area (Å²) in [6, 6.07) is 7.47. The number of halogens is 2. The third-order valence-corrected chi connectivity index (χ3v) is 6.53. The molecular weight excluding hydrogens is 442 g/mol. The van der Waals surface area contributed by atoms with Crippen LogP contribution in [-0.2, 0) is 6.42 Å². The van der Waals surface area contributed by atoms with Crippen LogP contribution in [0.4, 0.5) is 8.78 Å². The third kappa shape index (κ3) is 12.5. The van der Waals surface area contributed by atoms with Crippen molar-refractivity contribution in [3.8, 4) is 17.1 Å². The van der Waals surface area contributed by atoms with Crippen molar-refractivity contribution in [2.45, 2.75) is 123 Å². The molecule has 0 amide bonds. The van der Waals surface area contributed by atoms with E-state index in [-0.39, 0.29) is 13.0 Å². The van der Waals surface area contributed by atoms with E-state index in [0.29, 0.717) is 18.0 Å². The monoisotopic (exact) mass is 488 g/mol. The Hall–Kier alpha value is -2.04. The van der Waals surface area contributed by atoms with Crippen LogP contribution in [0.15, 0.2) is 36.7 Å². The average Bonchev–Trinajstić information content (AvgIpc) is 2.88. The van der Waals surface area contributed by atoms with E-state index in [1.807, 2.05) is 36.7 Å². The molecule has 196 valence electrons. The molecule has 3 nitrogen and oxygen atoms in total. The zero-order valence-corrected chi connectivity index (χ0v) is 22.0. The number of hydrogen-bond donors (Lipinski definition) is 0. The van der Waals surface area contributed by atoms with Gasteiger partial charge in [-0.3, -0.25) is 0 Å². The first-order valence-corrected chi connectivity index (χ1v) is 14.0. The molecule has 2 aromatic rings. The van der Waals surface area contributed by atoms with Crippen LogP contribution in [0, 0.1) is 0 Å².